The number of morpholine rings is 1. The van der Waals surface area contributed by atoms with E-state index in [1.807, 2.05) is 0 Å². The lowest BCUT2D eigenvalue weighted by Crippen LogP contribution is -2.49. The fraction of sp³-hybridized carbons (Fsp3) is 0.500. The lowest BCUT2D eigenvalue weighted by molar-refractivity contribution is -0.153. The number of pyridine rings is 1. The fourth-order valence-electron chi connectivity index (χ4n) is 1.95. The molecule has 0 bridgehead atoms. The molecule has 1 aliphatic heterocycles. The lowest BCUT2D eigenvalue weighted by Gasteiger charge is -2.30. The monoisotopic (exact) mass is 300 g/mol. The zero-order valence-electron chi connectivity index (χ0n) is 10.8. The Labute approximate surface area is 117 Å². The summed E-state index contributed by atoms with van der Waals surface area (Å²) in [6.07, 6.45) is 2.51. The third kappa shape index (κ3) is 3.75. The van der Waals surface area contributed by atoms with E-state index < -0.39 is 22.1 Å². The summed E-state index contributed by atoms with van der Waals surface area (Å²) in [5, 5.41) is 8.88. The van der Waals surface area contributed by atoms with Crippen LogP contribution < -0.4 is 0 Å². The Morgan fingerprint density at radius 1 is 1.45 bits per heavy atom. The van der Waals surface area contributed by atoms with Gasteiger partial charge < -0.3 is 9.84 Å². The van der Waals surface area contributed by atoms with Gasteiger partial charge in [0.25, 0.3) is 0 Å². The number of ether oxygens (including phenoxy) is 1. The summed E-state index contributed by atoms with van der Waals surface area (Å²) in [5.74, 6) is -1.19. The van der Waals surface area contributed by atoms with Crippen molar-refractivity contribution >= 4 is 16.0 Å². The van der Waals surface area contributed by atoms with Crippen molar-refractivity contribution in [3.05, 3.63) is 30.1 Å². The smallest absolute Gasteiger partial charge is 0.334 e. The molecule has 0 saturated carbocycles. The number of aliphatic carboxylic acids is 1. The number of carboxylic acid groups (broad SMARTS) is 1. The molecule has 0 spiro atoms. The average Bonchev–Trinajstić information content (AvgIpc) is 2.46. The summed E-state index contributed by atoms with van der Waals surface area (Å²) in [4.78, 5) is 14.7. The number of carbonyl (C=O) groups is 1. The SMILES string of the molecule is O=C(O)C1CN(S(=O)(=O)CCc2ccncc2)CCO1. The Bertz CT molecular complexity index is 560. The summed E-state index contributed by atoms with van der Waals surface area (Å²) in [5.41, 5.74) is 0.881. The molecule has 2 heterocycles. The molecule has 20 heavy (non-hydrogen) atoms. The quantitative estimate of drug-likeness (QED) is 0.804. The number of rotatable bonds is 5. The number of nitrogens with zero attached hydrogens (tertiary/aromatic N) is 2. The molecule has 1 N–H and O–H groups in total. The molecule has 0 aliphatic carbocycles. The zero-order valence-corrected chi connectivity index (χ0v) is 11.6. The number of hydrogen-bond donors (Lipinski definition) is 1. The maximum atomic E-state index is 12.2. The van der Waals surface area contributed by atoms with Crippen molar-refractivity contribution in [3.63, 3.8) is 0 Å². The minimum Gasteiger partial charge on any atom is -0.479 e. The van der Waals surface area contributed by atoms with E-state index in [4.69, 9.17) is 9.84 Å². The molecule has 110 valence electrons. The molecule has 0 amide bonds. The van der Waals surface area contributed by atoms with Crippen molar-refractivity contribution in [1.29, 1.82) is 0 Å². The van der Waals surface area contributed by atoms with Crippen LogP contribution in [0.25, 0.3) is 0 Å². The summed E-state index contributed by atoms with van der Waals surface area (Å²) in [6, 6.07) is 3.52. The van der Waals surface area contributed by atoms with Crippen LogP contribution in [-0.2, 0) is 26.0 Å². The number of aromatic nitrogens is 1. The molecule has 1 unspecified atom stereocenters. The van der Waals surface area contributed by atoms with Crippen LogP contribution in [-0.4, -0.2) is 60.3 Å². The third-order valence-corrected chi connectivity index (χ3v) is 4.93. The van der Waals surface area contributed by atoms with Gasteiger partial charge in [0.05, 0.1) is 18.9 Å². The second kappa shape index (κ2) is 6.29. The molecule has 0 radical (unpaired) electrons. The summed E-state index contributed by atoms with van der Waals surface area (Å²) in [7, 11) is -3.48. The van der Waals surface area contributed by atoms with Crippen LogP contribution in [0.15, 0.2) is 24.5 Å². The van der Waals surface area contributed by atoms with E-state index in [0.29, 0.717) is 6.42 Å². The highest BCUT2D eigenvalue weighted by molar-refractivity contribution is 7.89. The van der Waals surface area contributed by atoms with Gasteiger partial charge in [0.15, 0.2) is 6.10 Å². The Hall–Kier alpha value is -1.51. The highest BCUT2D eigenvalue weighted by atomic mass is 32.2. The van der Waals surface area contributed by atoms with E-state index in [9.17, 15) is 13.2 Å². The molecule has 1 aromatic rings. The maximum absolute atomic E-state index is 12.2. The van der Waals surface area contributed by atoms with Gasteiger partial charge in [-0.3, -0.25) is 4.98 Å². The molecule has 1 aromatic heterocycles. The van der Waals surface area contributed by atoms with Crippen molar-refractivity contribution in [2.24, 2.45) is 0 Å². The average molecular weight is 300 g/mol. The van der Waals surface area contributed by atoms with E-state index in [0.717, 1.165) is 5.56 Å². The van der Waals surface area contributed by atoms with Crippen LogP contribution in [0.3, 0.4) is 0 Å². The Morgan fingerprint density at radius 2 is 2.15 bits per heavy atom. The molecular formula is C12H16N2O5S. The van der Waals surface area contributed by atoms with E-state index in [1.54, 1.807) is 24.5 Å². The molecule has 1 atom stereocenters. The van der Waals surface area contributed by atoms with Crippen molar-refractivity contribution in [2.45, 2.75) is 12.5 Å². The fourth-order valence-corrected chi connectivity index (χ4v) is 3.42. The molecule has 1 fully saturated rings. The first-order valence-corrected chi connectivity index (χ1v) is 7.81. The first-order chi connectivity index (χ1) is 9.49. The molecule has 1 saturated heterocycles. The topological polar surface area (TPSA) is 96.8 Å². The normalized spacial score (nSPS) is 20.7. The molecule has 1 aliphatic rings. The van der Waals surface area contributed by atoms with Gasteiger partial charge in [-0.15, -0.1) is 0 Å². The van der Waals surface area contributed by atoms with Gasteiger partial charge in [0.1, 0.15) is 0 Å². The predicted octanol–water partition coefficient (Wildman–Crippen LogP) is -0.261. The van der Waals surface area contributed by atoms with Crippen LogP contribution in [0.2, 0.25) is 0 Å². The minimum atomic E-state index is -3.48. The van der Waals surface area contributed by atoms with Crippen LogP contribution >= 0.6 is 0 Å². The van der Waals surface area contributed by atoms with Gasteiger partial charge in [-0.05, 0) is 24.1 Å². The van der Waals surface area contributed by atoms with Crippen LogP contribution in [0.4, 0.5) is 0 Å². The van der Waals surface area contributed by atoms with Gasteiger partial charge in [-0.25, -0.2) is 13.2 Å². The van der Waals surface area contributed by atoms with Crippen LogP contribution in [0.5, 0.6) is 0 Å². The molecule has 0 aromatic carbocycles. The van der Waals surface area contributed by atoms with Crippen molar-refractivity contribution in [1.82, 2.24) is 9.29 Å². The Kier molecular flexibility index (Phi) is 4.69. The van der Waals surface area contributed by atoms with E-state index in [1.165, 1.54) is 4.31 Å². The van der Waals surface area contributed by atoms with Gasteiger partial charge >= 0.3 is 5.97 Å². The van der Waals surface area contributed by atoms with Gasteiger partial charge in [-0.2, -0.15) is 4.31 Å². The second-order valence-corrected chi connectivity index (χ2v) is 6.57. The molecular weight excluding hydrogens is 284 g/mol. The number of carboxylic acids is 1. The lowest BCUT2D eigenvalue weighted by atomic mass is 10.2. The van der Waals surface area contributed by atoms with Crippen LogP contribution in [0, 0.1) is 0 Å². The van der Waals surface area contributed by atoms with E-state index >= 15 is 0 Å². The number of hydrogen-bond acceptors (Lipinski definition) is 5. The summed E-state index contributed by atoms with van der Waals surface area (Å²) < 4.78 is 30.6. The van der Waals surface area contributed by atoms with Gasteiger partial charge in [-0.1, -0.05) is 0 Å². The summed E-state index contributed by atoms with van der Waals surface area (Å²) in [6.45, 7) is 0.169. The first kappa shape index (κ1) is 14.9. The first-order valence-electron chi connectivity index (χ1n) is 6.20. The van der Waals surface area contributed by atoms with Crippen molar-refractivity contribution < 1.29 is 23.1 Å². The third-order valence-electron chi connectivity index (χ3n) is 3.10. The van der Waals surface area contributed by atoms with Crippen LogP contribution in [0.1, 0.15) is 5.56 Å². The highest BCUT2D eigenvalue weighted by Gasteiger charge is 2.32. The standard InChI is InChI=1S/C12H16N2O5S/c15-12(16)11-9-14(6-7-19-11)20(17,18)8-3-10-1-4-13-5-2-10/h1-2,4-5,11H,3,6-9H2,(H,15,16). The molecule has 7 nitrogen and oxygen atoms in total. The number of sulfonamides is 1. The highest BCUT2D eigenvalue weighted by Crippen LogP contribution is 2.12. The van der Waals surface area contributed by atoms with Crippen molar-refractivity contribution in [3.8, 4) is 0 Å². The van der Waals surface area contributed by atoms with E-state index in [2.05, 4.69) is 4.98 Å². The van der Waals surface area contributed by atoms with Gasteiger partial charge in [0, 0.05) is 18.9 Å². The predicted molar refractivity (Wildman–Crippen MR) is 70.7 cm³/mol. The Morgan fingerprint density at radius 3 is 2.80 bits per heavy atom. The second-order valence-electron chi connectivity index (χ2n) is 4.48. The molecule has 2 rings (SSSR count). The number of aryl methyl sites for hydroxylation is 1. The minimum absolute atomic E-state index is 0.0522. The van der Waals surface area contributed by atoms with Gasteiger partial charge in [0.2, 0.25) is 10.0 Å². The Balaban J connectivity index is 1.97. The van der Waals surface area contributed by atoms with E-state index in [-0.39, 0.29) is 25.4 Å². The summed E-state index contributed by atoms with van der Waals surface area (Å²) >= 11 is 0. The van der Waals surface area contributed by atoms with Crippen molar-refractivity contribution in [2.75, 3.05) is 25.4 Å². The molecule has 8 heteroatoms. The maximum Gasteiger partial charge on any atom is 0.334 e. The zero-order chi connectivity index (χ0) is 14.6. The largest absolute Gasteiger partial charge is 0.479 e.